The van der Waals surface area contributed by atoms with Crippen molar-refractivity contribution in [2.45, 2.75) is 6.42 Å². The van der Waals surface area contributed by atoms with E-state index in [0.29, 0.717) is 18.5 Å². The smallest absolute Gasteiger partial charge is 0.335 e. The van der Waals surface area contributed by atoms with Crippen molar-refractivity contribution in [3.05, 3.63) is 65.4 Å². The Morgan fingerprint density at radius 3 is 2.71 bits per heavy atom. The Hall–Kier alpha value is -3.08. The standard InChI is InChI=1S/C19H16N2O3/c1-20-11-15(14-4-2-3-5-17(14)20)18(22)21-9-8-12-10-13(19(23)24)6-7-16(12)21/h2-7,10-11H,8-9H2,1H3,(H,23,24). The van der Waals surface area contributed by atoms with Crippen LogP contribution in [0.1, 0.15) is 26.3 Å². The number of hydrogen-bond donors (Lipinski definition) is 1. The molecule has 4 rings (SSSR count). The Bertz CT molecular complexity index is 987. The molecule has 1 aliphatic rings. The first-order chi connectivity index (χ1) is 11.6. The van der Waals surface area contributed by atoms with Crippen molar-refractivity contribution in [3.63, 3.8) is 0 Å². The molecule has 5 heteroatoms. The molecule has 3 aromatic rings. The van der Waals surface area contributed by atoms with E-state index in [1.165, 1.54) is 0 Å². The predicted octanol–water partition coefficient (Wildman–Crippen LogP) is 3.08. The molecule has 1 amide bonds. The van der Waals surface area contributed by atoms with E-state index in [9.17, 15) is 9.59 Å². The molecule has 0 saturated carbocycles. The molecule has 1 aliphatic heterocycles. The highest BCUT2D eigenvalue weighted by molar-refractivity contribution is 6.15. The van der Waals surface area contributed by atoms with Gasteiger partial charge in [0.15, 0.2) is 0 Å². The maximum Gasteiger partial charge on any atom is 0.335 e. The van der Waals surface area contributed by atoms with E-state index in [1.54, 1.807) is 23.1 Å². The largest absolute Gasteiger partial charge is 0.478 e. The number of nitrogens with zero attached hydrogens (tertiary/aromatic N) is 2. The molecule has 0 fully saturated rings. The van der Waals surface area contributed by atoms with Crippen molar-refractivity contribution in [1.82, 2.24) is 4.57 Å². The third-order valence-electron chi connectivity index (χ3n) is 4.59. The minimum absolute atomic E-state index is 0.0476. The van der Waals surface area contributed by atoms with Gasteiger partial charge in [-0.05, 0) is 36.2 Å². The number of carbonyl (C=O) groups excluding carboxylic acids is 1. The second kappa shape index (κ2) is 5.23. The van der Waals surface area contributed by atoms with Gasteiger partial charge >= 0.3 is 5.97 Å². The molecule has 0 bridgehead atoms. The van der Waals surface area contributed by atoms with Crippen LogP contribution in [0, 0.1) is 0 Å². The zero-order valence-electron chi connectivity index (χ0n) is 13.2. The average molecular weight is 320 g/mol. The summed E-state index contributed by atoms with van der Waals surface area (Å²) in [5, 5.41) is 10.0. The van der Waals surface area contributed by atoms with E-state index < -0.39 is 5.97 Å². The number of anilines is 1. The molecule has 0 aliphatic carbocycles. The van der Waals surface area contributed by atoms with Gasteiger partial charge in [-0.1, -0.05) is 18.2 Å². The fourth-order valence-corrected chi connectivity index (χ4v) is 3.40. The molecule has 5 nitrogen and oxygen atoms in total. The third kappa shape index (κ3) is 2.09. The normalized spacial score (nSPS) is 13.3. The lowest BCUT2D eigenvalue weighted by molar-refractivity contribution is 0.0696. The summed E-state index contributed by atoms with van der Waals surface area (Å²) in [6, 6.07) is 12.8. The number of aryl methyl sites for hydroxylation is 1. The van der Waals surface area contributed by atoms with Crippen LogP contribution >= 0.6 is 0 Å². The molecule has 1 N–H and O–H groups in total. The highest BCUT2D eigenvalue weighted by atomic mass is 16.4. The number of rotatable bonds is 2. The summed E-state index contributed by atoms with van der Waals surface area (Å²) in [6.07, 6.45) is 2.53. The Kier molecular flexibility index (Phi) is 3.16. The molecule has 24 heavy (non-hydrogen) atoms. The van der Waals surface area contributed by atoms with E-state index in [1.807, 2.05) is 42.1 Å². The van der Waals surface area contributed by atoms with Crippen LogP contribution in [0.4, 0.5) is 5.69 Å². The molecule has 0 radical (unpaired) electrons. The number of hydrogen-bond acceptors (Lipinski definition) is 2. The second-order valence-corrected chi connectivity index (χ2v) is 6.03. The van der Waals surface area contributed by atoms with E-state index in [4.69, 9.17) is 5.11 Å². The molecule has 0 saturated heterocycles. The van der Waals surface area contributed by atoms with Crippen LogP contribution < -0.4 is 4.90 Å². The SMILES string of the molecule is Cn1cc(C(=O)N2CCc3cc(C(=O)O)ccc32)c2ccccc21. The predicted molar refractivity (Wildman–Crippen MR) is 91.7 cm³/mol. The van der Waals surface area contributed by atoms with Crippen molar-refractivity contribution in [1.29, 1.82) is 0 Å². The first-order valence-electron chi connectivity index (χ1n) is 7.78. The van der Waals surface area contributed by atoms with E-state index >= 15 is 0 Å². The molecule has 2 heterocycles. The molecule has 0 atom stereocenters. The molecule has 1 aromatic heterocycles. The zero-order chi connectivity index (χ0) is 16.8. The molecular weight excluding hydrogens is 304 g/mol. The van der Waals surface area contributed by atoms with Gasteiger partial charge in [0, 0.05) is 36.4 Å². The van der Waals surface area contributed by atoms with Gasteiger partial charge in [-0.15, -0.1) is 0 Å². The average Bonchev–Trinajstić information content (AvgIpc) is 3.15. The number of amides is 1. The summed E-state index contributed by atoms with van der Waals surface area (Å²) in [5.74, 6) is -0.995. The van der Waals surface area contributed by atoms with Crippen molar-refractivity contribution in [2.75, 3.05) is 11.4 Å². The molecule has 0 spiro atoms. The number of benzene rings is 2. The van der Waals surface area contributed by atoms with Crippen molar-refractivity contribution >= 4 is 28.5 Å². The quantitative estimate of drug-likeness (QED) is 0.789. The monoisotopic (exact) mass is 320 g/mol. The van der Waals surface area contributed by atoms with Gasteiger partial charge in [-0.3, -0.25) is 4.79 Å². The topological polar surface area (TPSA) is 62.5 Å². The number of fused-ring (bicyclic) bond motifs is 2. The Morgan fingerprint density at radius 1 is 1.12 bits per heavy atom. The van der Waals surface area contributed by atoms with Crippen molar-refractivity contribution in [2.24, 2.45) is 7.05 Å². The van der Waals surface area contributed by atoms with Crippen LogP contribution in [0.5, 0.6) is 0 Å². The second-order valence-electron chi connectivity index (χ2n) is 6.03. The van der Waals surface area contributed by atoms with Gasteiger partial charge in [0.05, 0.1) is 11.1 Å². The number of carboxylic acid groups (broad SMARTS) is 1. The fraction of sp³-hybridized carbons (Fsp3) is 0.158. The molecule has 2 aromatic carbocycles. The van der Waals surface area contributed by atoms with Crippen LogP contribution in [-0.2, 0) is 13.5 Å². The molecule has 0 unspecified atom stereocenters. The van der Waals surface area contributed by atoms with Gasteiger partial charge in [0.1, 0.15) is 0 Å². The van der Waals surface area contributed by atoms with E-state index in [2.05, 4.69) is 0 Å². The van der Waals surface area contributed by atoms with Crippen LogP contribution in [0.15, 0.2) is 48.7 Å². The van der Waals surface area contributed by atoms with Crippen LogP contribution in [0.25, 0.3) is 10.9 Å². The third-order valence-corrected chi connectivity index (χ3v) is 4.59. The summed E-state index contributed by atoms with van der Waals surface area (Å²) in [7, 11) is 1.93. The summed E-state index contributed by atoms with van der Waals surface area (Å²) < 4.78 is 1.95. The summed E-state index contributed by atoms with van der Waals surface area (Å²) in [4.78, 5) is 25.9. The minimum atomic E-state index is -0.948. The number of aromatic nitrogens is 1. The van der Waals surface area contributed by atoms with Gasteiger partial charge in [0.2, 0.25) is 0 Å². The highest BCUT2D eigenvalue weighted by Crippen LogP contribution is 2.32. The fourth-order valence-electron chi connectivity index (χ4n) is 3.40. The summed E-state index contributed by atoms with van der Waals surface area (Å²) in [5.41, 5.74) is 3.65. The van der Waals surface area contributed by atoms with Crippen molar-refractivity contribution < 1.29 is 14.7 Å². The van der Waals surface area contributed by atoms with Gasteiger partial charge in [-0.25, -0.2) is 4.79 Å². The molecule has 120 valence electrons. The maximum absolute atomic E-state index is 13.1. The van der Waals surface area contributed by atoms with Crippen LogP contribution in [-0.4, -0.2) is 28.1 Å². The lowest BCUT2D eigenvalue weighted by atomic mass is 10.1. The Balaban J connectivity index is 1.76. The first-order valence-corrected chi connectivity index (χ1v) is 7.78. The first kappa shape index (κ1) is 14.5. The molecular formula is C19H16N2O3. The van der Waals surface area contributed by atoms with E-state index in [-0.39, 0.29) is 11.5 Å². The maximum atomic E-state index is 13.1. The van der Waals surface area contributed by atoms with Crippen molar-refractivity contribution in [3.8, 4) is 0 Å². The van der Waals surface area contributed by atoms with Gasteiger partial charge in [-0.2, -0.15) is 0 Å². The lowest BCUT2D eigenvalue weighted by Crippen LogP contribution is -2.28. The minimum Gasteiger partial charge on any atom is -0.478 e. The van der Waals surface area contributed by atoms with Crippen LogP contribution in [0.2, 0.25) is 0 Å². The van der Waals surface area contributed by atoms with Crippen LogP contribution in [0.3, 0.4) is 0 Å². The van der Waals surface area contributed by atoms with E-state index in [0.717, 1.165) is 22.2 Å². The summed E-state index contributed by atoms with van der Waals surface area (Å²) in [6.45, 7) is 0.570. The zero-order valence-corrected chi connectivity index (χ0v) is 13.2. The Labute approximate surface area is 138 Å². The lowest BCUT2D eigenvalue weighted by Gasteiger charge is -2.17. The van der Waals surface area contributed by atoms with Gasteiger partial charge in [0.25, 0.3) is 5.91 Å². The number of aromatic carboxylic acids is 1. The highest BCUT2D eigenvalue weighted by Gasteiger charge is 2.28. The Morgan fingerprint density at radius 2 is 1.92 bits per heavy atom. The summed E-state index contributed by atoms with van der Waals surface area (Å²) >= 11 is 0. The van der Waals surface area contributed by atoms with Gasteiger partial charge < -0.3 is 14.6 Å². The number of para-hydroxylation sites is 1. The number of carbonyl (C=O) groups is 2. The number of carboxylic acids is 1.